The summed E-state index contributed by atoms with van der Waals surface area (Å²) in [5.74, 6) is -0.998. The van der Waals surface area contributed by atoms with Gasteiger partial charge >= 0.3 is 5.97 Å². The average Bonchev–Trinajstić information content (AvgIpc) is 2.92. The van der Waals surface area contributed by atoms with Gasteiger partial charge < -0.3 is 15.4 Å². The minimum absolute atomic E-state index is 0.0962. The highest BCUT2D eigenvalue weighted by atomic mass is 16.4. The molecule has 0 unspecified atom stereocenters. The number of H-pyrrole nitrogens is 1. The van der Waals surface area contributed by atoms with E-state index in [1.807, 2.05) is 6.92 Å². The number of nitrogens with one attached hydrogen (secondary N) is 2. The molecule has 0 aromatic carbocycles. The van der Waals surface area contributed by atoms with E-state index >= 15 is 0 Å². The van der Waals surface area contributed by atoms with Crippen molar-refractivity contribution in [3.63, 3.8) is 0 Å². The number of aryl methyl sites for hydroxylation is 1. The van der Waals surface area contributed by atoms with E-state index < -0.39 is 17.4 Å². The molecule has 0 radical (unpaired) electrons. The first kappa shape index (κ1) is 19.2. The Morgan fingerprint density at radius 1 is 1.24 bits per heavy atom. The molecule has 0 bridgehead atoms. The van der Waals surface area contributed by atoms with Crippen LogP contribution in [0.5, 0.6) is 0 Å². The second-order valence-electron chi connectivity index (χ2n) is 7.08. The maximum Gasteiger partial charge on any atom is 0.329 e. The molecular formula is C19H28N2O4. The van der Waals surface area contributed by atoms with Crippen molar-refractivity contribution < 1.29 is 19.5 Å². The lowest BCUT2D eigenvalue weighted by atomic mass is 9.75. The van der Waals surface area contributed by atoms with Crippen molar-refractivity contribution >= 4 is 17.7 Å². The summed E-state index contributed by atoms with van der Waals surface area (Å²) in [7, 11) is 0. The molecule has 0 saturated heterocycles. The van der Waals surface area contributed by atoms with Crippen molar-refractivity contribution in [2.75, 3.05) is 0 Å². The Labute approximate surface area is 148 Å². The maximum absolute atomic E-state index is 12.8. The number of hydrogen-bond donors (Lipinski definition) is 3. The van der Waals surface area contributed by atoms with Crippen LogP contribution in [0.1, 0.15) is 85.0 Å². The van der Waals surface area contributed by atoms with Gasteiger partial charge in [-0.2, -0.15) is 0 Å². The predicted octanol–water partition coefficient (Wildman–Crippen LogP) is 3.24. The van der Waals surface area contributed by atoms with E-state index in [1.165, 1.54) is 6.92 Å². The van der Waals surface area contributed by atoms with Crippen molar-refractivity contribution in [3.05, 3.63) is 22.5 Å². The van der Waals surface area contributed by atoms with E-state index in [-0.39, 0.29) is 5.78 Å². The minimum Gasteiger partial charge on any atom is -0.480 e. The van der Waals surface area contributed by atoms with Crippen molar-refractivity contribution in [2.45, 2.75) is 71.8 Å². The van der Waals surface area contributed by atoms with Gasteiger partial charge in [-0.15, -0.1) is 0 Å². The van der Waals surface area contributed by atoms with Gasteiger partial charge in [-0.05, 0) is 57.4 Å². The monoisotopic (exact) mass is 348 g/mol. The van der Waals surface area contributed by atoms with E-state index in [1.54, 1.807) is 6.92 Å². The standard InChI is InChI=1S/C19H28N2O4/c1-5-13-7-9-19(10-8-13,18(24)25)21-17(23)16-14(6-2)15(12(4)22)11(3)20-16/h13,20H,5-10H2,1-4H3,(H,21,23)(H,24,25). The summed E-state index contributed by atoms with van der Waals surface area (Å²) in [6.07, 6.45) is 4.03. The fourth-order valence-electron chi connectivity index (χ4n) is 3.95. The molecule has 1 aliphatic rings. The topological polar surface area (TPSA) is 99.3 Å². The summed E-state index contributed by atoms with van der Waals surface area (Å²) in [6.45, 7) is 7.22. The number of hydrogen-bond acceptors (Lipinski definition) is 3. The van der Waals surface area contributed by atoms with E-state index in [0.717, 1.165) is 19.3 Å². The number of carbonyl (C=O) groups is 3. The van der Waals surface area contributed by atoms with Crippen LogP contribution in [0.4, 0.5) is 0 Å². The van der Waals surface area contributed by atoms with E-state index in [4.69, 9.17) is 0 Å². The second-order valence-corrected chi connectivity index (χ2v) is 7.08. The Bertz CT molecular complexity index is 682. The van der Waals surface area contributed by atoms with Crippen molar-refractivity contribution in [2.24, 2.45) is 5.92 Å². The van der Waals surface area contributed by atoms with Gasteiger partial charge in [0.05, 0.1) is 0 Å². The lowest BCUT2D eigenvalue weighted by Gasteiger charge is -2.37. The Morgan fingerprint density at radius 2 is 1.84 bits per heavy atom. The molecule has 25 heavy (non-hydrogen) atoms. The number of rotatable bonds is 6. The molecule has 1 fully saturated rings. The van der Waals surface area contributed by atoms with E-state index in [0.29, 0.717) is 47.7 Å². The second kappa shape index (κ2) is 7.42. The molecule has 2 rings (SSSR count). The molecule has 0 aliphatic heterocycles. The number of amides is 1. The van der Waals surface area contributed by atoms with Crippen LogP contribution in [0, 0.1) is 12.8 Å². The van der Waals surface area contributed by atoms with Crippen LogP contribution in [-0.4, -0.2) is 33.3 Å². The van der Waals surface area contributed by atoms with Gasteiger partial charge in [0.1, 0.15) is 11.2 Å². The normalized spacial score (nSPS) is 23.3. The number of aromatic amines is 1. The van der Waals surface area contributed by atoms with Gasteiger partial charge in [0.15, 0.2) is 5.78 Å². The third-order valence-electron chi connectivity index (χ3n) is 5.52. The van der Waals surface area contributed by atoms with E-state index in [2.05, 4.69) is 17.2 Å². The molecule has 0 spiro atoms. The molecule has 138 valence electrons. The van der Waals surface area contributed by atoms with Crippen LogP contribution in [0.25, 0.3) is 0 Å². The largest absolute Gasteiger partial charge is 0.480 e. The van der Waals surface area contributed by atoms with Crippen molar-refractivity contribution in [1.82, 2.24) is 10.3 Å². The molecule has 1 heterocycles. The molecule has 6 heteroatoms. The third kappa shape index (κ3) is 3.62. The first-order chi connectivity index (χ1) is 11.8. The van der Waals surface area contributed by atoms with Gasteiger partial charge in [0, 0.05) is 11.3 Å². The Morgan fingerprint density at radius 3 is 2.28 bits per heavy atom. The highest BCUT2D eigenvalue weighted by Crippen LogP contribution is 2.34. The Balaban J connectivity index is 2.30. The van der Waals surface area contributed by atoms with Crippen LogP contribution >= 0.6 is 0 Å². The van der Waals surface area contributed by atoms with Crippen molar-refractivity contribution in [3.8, 4) is 0 Å². The third-order valence-corrected chi connectivity index (χ3v) is 5.52. The van der Waals surface area contributed by atoms with Crippen molar-refractivity contribution in [1.29, 1.82) is 0 Å². The first-order valence-corrected chi connectivity index (χ1v) is 9.04. The number of carbonyl (C=O) groups excluding carboxylic acids is 2. The summed E-state index contributed by atoms with van der Waals surface area (Å²) in [5.41, 5.74) is 0.928. The summed E-state index contributed by atoms with van der Waals surface area (Å²) in [4.78, 5) is 39.6. The highest BCUT2D eigenvalue weighted by molar-refractivity contribution is 6.03. The predicted molar refractivity (Wildman–Crippen MR) is 95.0 cm³/mol. The molecule has 1 saturated carbocycles. The number of Topliss-reactive ketones (excluding diaryl/α,β-unsaturated/α-hetero) is 1. The fraction of sp³-hybridized carbons (Fsp3) is 0.632. The quantitative estimate of drug-likeness (QED) is 0.687. The number of ketones is 1. The highest BCUT2D eigenvalue weighted by Gasteiger charge is 2.43. The molecule has 1 amide bonds. The van der Waals surface area contributed by atoms with Gasteiger partial charge in [-0.3, -0.25) is 9.59 Å². The van der Waals surface area contributed by atoms with Crippen LogP contribution in [0.15, 0.2) is 0 Å². The summed E-state index contributed by atoms with van der Waals surface area (Å²) in [6, 6.07) is 0. The summed E-state index contributed by atoms with van der Waals surface area (Å²) in [5, 5.41) is 12.5. The number of carboxylic acid groups (broad SMARTS) is 1. The minimum atomic E-state index is -1.22. The lowest BCUT2D eigenvalue weighted by molar-refractivity contribution is -0.146. The molecule has 3 N–H and O–H groups in total. The fourth-order valence-corrected chi connectivity index (χ4v) is 3.95. The molecule has 1 aliphatic carbocycles. The zero-order valence-electron chi connectivity index (χ0n) is 15.5. The Kier molecular flexibility index (Phi) is 5.70. The SMILES string of the molecule is CCc1c(C(=O)NC2(C(=O)O)CCC(CC)CC2)[nH]c(C)c1C(C)=O. The Hall–Kier alpha value is -2.11. The summed E-state index contributed by atoms with van der Waals surface area (Å²) >= 11 is 0. The van der Waals surface area contributed by atoms with Gasteiger partial charge in [-0.1, -0.05) is 20.3 Å². The first-order valence-electron chi connectivity index (χ1n) is 9.04. The zero-order chi connectivity index (χ0) is 18.8. The number of aliphatic carboxylic acids is 1. The number of aromatic nitrogens is 1. The van der Waals surface area contributed by atoms with Gasteiger partial charge in [0.2, 0.25) is 0 Å². The summed E-state index contributed by atoms with van der Waals surface area (Å²) < 4.78 is 0. The van der Waals surface area contributed by atoms with Gasteiger partial charge in [0.25, 0.3) is 5.91 Å². The maximum atomic E-state index is 12.8. The lowest BCUT2D eigenvalue weighted by Crippen LogP contribution is -2.56. The van der Waals surface area contributed by atoms with E-state index in [9.17, 15) is 19.5 Å². The van der Waals surface area contributed by atoms with Crippen LogP contribution in [0.3, 0.4) is 0 Å². The molecule has 0 atom stereocenters. The molecule has 6 nitrogen and oxygen atoms in total. The molecule has 1 aromatic heterocycles. The van der Waals surface area contributed by atoms with Gasteiger partial charge in [-0.25, -0.2) is 4.79 Å². The average molecular weight is 348 g/mol. The van der Waals surface area contributed by atoms with Crippen LogP contribution in [-0.2, 0) is 11.2 Å². The van der Waals surface area contributed by atoms with Crippen LogP contribution in [0.2, 0.25) is 0 Å². The van der Waals surface area contributed by atoms with Crippen LogP contribution < -0.4 is 5.32 Å². The number of carboxylic acids is 1. The zero-order valence-corrected chi connectivity index (χ0v) is 15.5. The smallest absolute Gasteiger partial charge is 0.329 e. The molecular weight excluding hydrogens is 320 g/mol. The molecule has 1 aromatic rings.